The van der Waals surface area contributed by atoms with Gasteiger partial charge in [0, 0.05) is 37.8 Å². The van der Waals surface area contributed by atoms with E-state index in [0.717, 1.165) is 24.3 Å². The van der Waals surface area contributed by atoms with Crippen LogP contribution in [0.2, 0.25) is 0 Å². The Hall–Kier alpha value is -1.59. The van der Waals surface area contributed by atoms with Gasteiger partial charge in [0.2, 0.25) is 5.91 Å². The minimum Gasteiger partial charge on any atom is -0.336 e. The van der Waals surface area contributed by atoms with Gasteiger partial charge in [-0.1, -0.05) is 0 Å². The average molecular weight is 296 g/mol. The number of hydrogen-bond acceptors (Lipinski definition) is 3. The molecule has 1 aromatic carbocycles. The molecule has 20 heavy (non-hydrogen) atoms. The molecule has 0 unspecified atom stereocenters. The Morgan fingerprint density at radius 2 is 2.05 bits per heavy atom. The van der Waals surface area contributed by atoms with Crippen molar-refractivity contribution in [2.45, 2.75) is 18.9 Å². The first-order valence-electron chi connectivity index (χ1n) is 6.56. The summed E-state index contributed by atoms with van der Waals surface area (Å²) in [4.78, 5) is 25.4. The Bertz CT molecular complexity index is 543. The highest BCUT2D eigenvalue weighted by Gasteiger charge is 2.26. The minimum absolute atomic E-state index is 0. The number of rotatable bonds is 2. The van der Waals surface area contributed by atoms with Gasteiger partial charge in [-0.3, -0.25) is 9.59 Å². The number of anilines is 1. The summed E-state index contributed by atoms with van der Waals surface area (Å²) in [6, 6.07) is 5.81. The van der Waals surface area contributed by atoms with E-state index in [1.165, 1.54) is 0 Å². The highest BCUT2D eigenvalue weighted by atomic mass is 35.5. The molecular weight excluding hydrogens is 278 g/mol. The molecule has 0 aromatic heterocycles. The minimum atomic E-state index is 0. The fourth-order valence-electron chi connectivity index (χ4n) is 2.43. The fraction of sp³-hybridized carbons (Fsp3) is 0.429. The van der Waals surface area contributed by atoms with E-state index >= 15 is 0 Å². The summed E-state index contributed by atoms with van der Waals surface area (Å²) in [6.45, 7) is 1.73. The van der Waals surface area contributed by atoms with Crippen LogP contribution in [-0.2, 0) is 11.2 Å². The van der Waals surface area contributed by atoms with Crippen molar-refractivity contribution >= 4 is 29.9 Å². The summed E-state index contributed by atoms with van der Waals surface area (Å²) in [5.41, 5.74) is 2.58. The SMILES string of the molecule is CN(C(=O)c1ccc2c(c1)CCC(=O)N2)C1CNC1.Cl. The van der Waals surface area contributed by atoms with E-state index in [9.17, 15) is 9.59 Å². The third-order valence-corrected chi connectivity index (χ3v) is 3.88. The topological polar surface area (TPSA) is 61.4 Å². The number of likely N-dealkylation sites (N-methyl/N-ethyl adjacent to an activating group) is 1. The lowest BCUT2D eigenvalue weighted by molar-refractivity contribution is -0.116. The number of nitrogens with zero attached hydrogens (tertiary/aromatic N) is 1. The van der Waals surface area contributed by atoms with E-state index < -0.39 is 0 Å². The second-order valence-electron chi connectivity index (χ2n) is 5.15. The molecule has 1 fully saturated rings. The van der Waals surface area contributed by atoms with Crippen LogP contribution < -0.4 is 10.6 Å². The molecule has 0 atom stereocenters. The summed E-state index contributed by atoms with van der Waals surface area (Å²) in [7, 11) is 1.84. The summed E-state index contributed by atoms with van der Waals surface area (Å²) < 4.78 is 0. The maximum absolute atomic E-state index is 12.3. The van der Waals surface area contributed by atoms with Crippen molar-refractivity contribution in [2.75, 3.05) is 25.5 Å². The smallest absolute Gasteiger partial charge is 0.253 e. The molecule has 0 aliphatic carbocycles. The number of aryl methyl sites for hydroxylation is 1. The van der Waals surface area contributed by atoms with Crippen LogP contribution in [-0.4, -0.2) is 42.9 Å². The summed E-state index contributed by atoms with van der Waals surface area (Å²) in [6.07, 6.45) is 1.20. The predicted molar refractivity (Wildman–Crippen MR) is 79.4 cm³/mol. The number of carbonyl (C=O) groups excluding carboxylic acids is 2. The predicted octanol–water partition coefficient (Wildman–Crippen LogP) is 1.04. The van der Waals surface area contributed by atoms with E-state index in [1.807, 2.05) is 19.2 Å². The van der Waals surface area contributed by atoms with Crippen molar-refractivity contribution in [3.63, 3.8) is 0 Å². The van der Waals surface area contributed by atoms with Gasteiger partial charge in [0.25, 0.3) is 5.91 Å². The van der Waals surface area contributed by atoms with Crippen molar-refractivity contribution in [1.82, 2.24) is 10.2 Å². The largest absolute Gasteiger partial charge is 0.336 e. The molecule has 2 amide bonds. The van der Waals surface area contributed by atoms with Crippen molar-refractivity contribution in [3.05, 3.63) is 29.3 Å². The van der Waals surface area contributed by atoms with E-state index in [1.54, 1.807) is 11.0 Å². The Morgan fingerprint density at radius 1 is 1.30 bits per heavy atom. The molecule has 0 spiro atoms. The molecule has 2 aliphatic heterocycles. The second kappa shape index (κ2) is 5.81. The lowest BCUT2D eigenvalue weighted by Gasteiger charge is -2.35. The summed E-state index contributed by atoms with van der Waals surface area (Å²) >= 11 is 0. The molecule has 3 rings (SSSR count). The summed E-state index contributed by atoms with van der Waals surface area (Å²) in [5, 5.41) is 5.99. The molecule has 6 heteroatoms. The molecular formula is C14H18ClN3O2. The quantitative estimate of drug-likeness (QED) is 0.857. The number of fused-ring (bicyclic) bond motifs is 1. The number of benzene rings is 1. The molecule has 1 saturated heterocycles. The maximum atomic E-state index is 12.3. The van der Waals surface area contributed by atoms with E-state index in [2.05, 4.69) is 10.6 Å². The van der Waals surface area contributed by atoms with Crippen molar-refractivity contribution < 1.29 is 9.59 Å². The third-order valence-electron chi connectivity index (χ3n) is 3.88. The third kappa shape index (κ3) is 2.64. The van der Waals surface area contributed by atoms with Crippen LogP contribution in [0.15, 0.2) is 18.2 Å². The standard InChI is InChI=1S/C14H17N3O2.ClH/c1-17(11-7-15-8-11)14(19)10-2-4-12-9(6-10)3-5-13(18)16-12;/h2,4,6,11,15H,3,5,7-8H2,1H3,(H,16,18);1H. The Labute approximate surface area is 124 Å². The molecule has 2 N–H and O–H groups in total. The Morgan fingerprint density at radius 3 is 2.70 bits per heavy atom. The van der Waals surface area contributed by atoms with Gasteiger partial charge in [-0.25, -0.2) is 0 Å². The van der Waals surface area contributed by atoms with Crippen LogP contribution in [0.1, 0.15) is 22.3 Å². The number of hydrogen-bond donors (Lipinski definition) is 2. The molecule has 2 heterocycles. The molecule has 5 nitrogen and oxygen atoms in total. The number of amides is 2. The normalized spacial score (nSPS) is 17.4. The Balaban J connectivity index is 0.00000147. The second-order valence-corrected chi connectivity index (χ2v) is 5.15. The van der Waals surface area contributed by atoms with Gasteiger partial charge >= 0.3 is 0 Å². The molecule has 0 radical (unpaired) electrons. The first-order chi connectivity index (χ1) is 9.15. The van der Waals surface area contributed by atoms with Crippen molar-refractivity contribution in [2.24, 2.45) is 0 Å². The highest BCUT2D eigenvalue weighted by Crippen LogP contribution is 2.24. The van der Waals surface area contributed by atoms with Gasteiger partial charge in [0.05, 0.1) is 6.04 Å². The van der Waals surface area contributed by atoms with Crippen molar-refractivity contribution in [1.29, 1.82) is 0 Å². The van der Waals surface area contributed by atoms with Gasteiger partial charge in [-0.2, -0.15) is 0 Å². The average Bonchev–Trinajstić information content (AvgIpc) is 2.35. The fourth-order valence-corrected chi connectivity index (χ4v) is 2.43. The van der Waals surface area contributed by atoms with Gasteiger partial charge in [0.15, 0.2) is 0 Å². The highest BCUT2D eigenvalue weighted by molar-refractivity contribution is 5.98. The zero-order valence-electron chi connectivity index (χ0n) is 11.3. The summed E-state index contributed by atoms with van der Waals surface area (Å²) in [5.74, 6) is 0.0930. The van der Waals surface area contributed by atoms with Gasteiger partial charge in [-0.05, 0) is 30.2 Å². The molecule has 0 saturated carbocycles. The maximum Gasteiger partial charge on any atom is 0.253 e. The van der Waals surface area contributed by atoms with Crippen LogP contribution in [0.4, 0.5) is 5.69 Å². The molecule has 2 aliphatic rings. The van der Waals surface area contributed by atoms with Gasteiger partial charge < -0.3 is 15.5 Å². The van der Waals surface area contributed by atoms with Crippen molar-refractivity contribution in [3.8, 4) is 0 Å². The van der Waals surface area contributed by atoms with E-state index in [4.69, 9.17) is 0 Å². The molecule has 0 bridgehead atoms. The molecule has 108 valence electrons. The lowest BCUT2D eigenvalue weighted by Crippen LogP contribution is -2.57. The lowest BCUT2D eigenvalue weighted by atomic mass is 9.99. The number of carbonyl (C=O) groups is 2. The van der Waals surface area contributed by atoms with Crippen LogP contribution in [0, 0.1) is 0 Å². The van der Waals surface area contributed by atoms with E-state index in [0.29, 0.717) is 24.4 Å². The monoisotopic (exact) mass is 295 g/mol. The zero-order valence-corrected chi connectivity index (χ0v) is 12.1. The van der Waals surface area contributed by atoms with Crippen LogP contribution >= 0.6 is 12.4 Å². The van der Waals surface area contributed by atoms with Crippen LogP contribution in [0.3, 0.4) is 0 Å². The van der Waals surface area contributed by atoms with Crippen LogP contribution in [0.25, 0.3) is 0 Å². The molecule has 1 aromatic rings. The van der Waals surface area contributed by atoms with E-state index in [-0.39, 0.29) is 24.2 Å². The first kappa shape index (κ1) is 14.8. The zero-order chi connectivity index (χ0) is 13.4. The van der Waals surface area contributed by atoms with Gasteiger partial charge in [0.1, 0.15) is 0 Å². The first-order valence-corrected chi connectivity index (χ1v) is 6.56. The van der Waals surface area contributed by atoms with Gasteiger partial charge in [-0.15, -0.1) is 12.4 Å². The number of halogens is 1. The number of nitrogens with one attached hydrogen (secondary N) is 2. The van der Waals surface area contributed by atoms with Crippen LogP contribution in [0.5, 0.6) is 0 Å². The Kier molecular flexibility index (Phi) is 4.30.